The summed E-state index contributed by atoms with van der Waals surface area (Å²) in [7, 11) is 1.37. The maximum absolute atomic E-state index is 11.6. The molecule has 0 aliphatic carbocycles. The first-order chi connectivity index (χ1) is 8.13. The highest BCUT2D eigenvalue weighted by Crippen LogP contribution is 2.33. The van der Waals surface area contributed by atoms with Crippen molar-refractivity contribution in [2.75, 3.05) is 23.7 Å². The van der Waals surface area contributed by atoms with Crippen molar-refractivity contribution >= 4 is 35.2 Å². The molecule has 0 atom stereocenters. The third-order valence-electron chi connectivity index (χ3n) is 2.69. The Kier molecular flexibility index (Phi) is 3.84. The first-order valence-corrected chi connectivity index (χ1v) is 6.74. The standard InChI is InChI=1S/C12H14ClNO2S/c1-8-6-9(14-4-3-5-17-14)7-10(11(8)13)12(15)16-2/h6-7H,3-5H2,1-2H3. The number of carbonyl (C=O) groups excluding carboxylic acids is 1. The highest BCUT2D eigenvalue weighted by atomic mass is 35.5. The lowest BCUT2D eigenvalue weighted by molar-refractivity contribution is 0.0601. The quantitative estimate of drug-likeness (QED) is 0.610. The Hall–Kier alpha value is -0.870. The average molecular weight is 272 g/mol. The first kappa shape index (κ1) is 12.6. The molecule has 17 heavy (non-hydrogen) atoms. The van der Waals surface area contributed by atoms with Gasteiger partial charge in [0.15, 0.2) is 0 Å². The molecule has 1 aliphatic rings. The number of anilines is 1. The summed E-state index contributed by atoms with van der Waals surface area (Å²) < 4.78 is 6.93. The van der Waals surface area contributed by atoms with E-state index in [1.807, 2.05) is 13.0 Å². The molecule has 92 valence electrons. The van der Waals surface area contributed by atoms with E-state index in [0.29, 0.717) is 10.6 Å². The van der Waals surface area contributed by atoms with Crippen molar-refractivity contribution in [3.63, 3.8) is 0 Å². The van der Waals surface area contributed by atoms with Gasteiger partial charge in [-0.25, -0.2) is 4.79 Å². The molecule has 0 unspecified atom stereocenters. The van der Waals surface area contributed by atoms with E-state index in [-0.39, 0.29) is 5.97 Å². The van der Waals surface area contributed by atoms with Crippen LogP contribution in [-0.4, -0.2) is 25.4 Å². The van der Waals surface area contributed by atoms with Gasteiger partial charge in [0.1, 0.15) is 0 Å². The lowest BCUT2D eigenvalue weighted by atomic mass is 10.1. The maximum Gasteiger partial charge on any atom is 0.339 e. The summed E-state index contributed by atoms with van der Waals surface area (Å²) in [5.41, 5.74) is 2.36. The van der Waals surface area contributed by atoms with E-state index in [1.54, 1.807) is 18.0 Å². The minimum absolute atomic E-state index is 0.385. The summed E-state index contributed by atoms with van der Waals surface area (Å²) in [6.07, 6.45) is 1.17. The number of aryl methyl sites for hydroxylation is 1. The molecule has 1 heterocycles. The molecular formula is C12H14ClNO2S. The van der Waals surface area contributed by atoms with Crippen LogP contribution in [0.2, 0.25) is 5.02 Å². The molecule has 0 saturated carbocycles. The van der Waals surface area contributed by atoms with E-state index in [9.17, 15) is 4.79 Å². The lowest BCUT2D eigenvalue weighted by Crippen LogP contribution is -2.11. The van der Waals surface area contributed by atoms with Crippen molar-refractivity contribution in [1.29, 1.82) is 0 Å². The Morgan fingerprint density at radius 2 is 2.29 bits per heavy atom. The molecule has 1 saturated heterocycles. The van der Waals surface area contributed by atoms with Crippen LogP contribution in [0.3, 0.4) is 0 Å². The first-order valence-electron chi connectivity index (χ1n) is 5.42. The largest absolute Gasteiger partial charge is 0.465 e. The number of rotatable bonds is 2. The van der Waals surface area contributed by atoms with Gasteiger partial charge in [-0.1, -0.05) is 11.6 Å². The maximum atomic E-state index is 11.6. The van der Waals surface area contributed by atoms with E-state index in [0.717, 1.165) is 23.5 Å². The van der Waals surface area contributed by atoms with Crippen LogP contribution in [-0.2, 0) is 4.74 Å². The van der Waals surface area contributed by atoms with Gasteiger partial charge < -0.3 is 9.04 Å². The molecule has 3 nitrogen and oxygen atoms in total. The highest BCUT2D eigenvalue weighted by Gasteiger charge is 2.19. The fourth-order valence-corrected chi connectivity index (χ4v) is 2.98. The molecule has 1 aromatic rings. The molecular weight excluding hydrogens is 258 g/mol. The van der Waals surface area contributed by atoms with Crippen LogP contribution in [0.1, 0.15) is 22.3 Å². The Morgan fingerprint density at radius 3 is 2.88 bits per heavy atom. The number of hydrogen-bond donors (Lipinski definition) is 0. The Labute approximate surface area is 110 Å². The van der Waals surface area contributed by atoms with Gasteiger partial charge in [-0.15, -0.1) is 0 Å². The van der Waals surface area contributed by atoms with Gasteiger partial charge in [-0.3, -0.25) is 0 Å². The van der Waals surface area contributed by atoms with Crippen LogP contribution in [0.25, 0.3) is 0 Å². The number of esters is 1. The van der Waals surface area contributed by atoms with Crippen LogP contribution >= 0.6 is 23.5 Å². The predicted molar refractivity (Wildman–Crippen MR) is 71.9 cm³/mol. The fraction of sp³-hybridized carbons (Fsp3) is 0.417. The summed E-state index contributed by atoms with van der Waals surface area (Å²) >= 11 is 7.90. The summed E-state index contributed by atoms with van der Waals surface area (Å²) in [6.45, 7) is 2.91. The van der Waals surface area contributed by atoms with Crippen molar-refractivity contribution in [3.05, 3.63) is 28.3 Å². The summed E-state index contributed by atoms with van der Waals surface area (Å²) in [5.74, 6) is 0.735. The van der Waals surface area contributed by atoms with Crippen LogP contribution in [0.4, 0.5) is 5.69 Å². The van der Waals surface area contributed by atoms with Gasteiger partial charge in [0.2, 0.25) is 0 Å². The predicted octanol–water partition coefficient (Wildman–Crippen LogP) is 3.29. The van der Waals surface area contributed by atoms with Gasteiger partial charge >= 0.3 is 5.97 Å². The van der Waals surface area contributed by atoms with Crippen molar-refractivity contribution in [3.8, 4) is 0 Å². The average Bonchev–Trinajstić information content (AvgIpc) is 2.85. The molecule has 2 rings (SSSR count). The van der Waals surface area contributed by atoms with Crippen LogP contribution in [0.5, 0.6) is 0 Å². The third-order valence-corrected chi connectivity index (χ3v) is 4.36. The van der Waals surface area contributed by atoms with Gasteiger partial charge in [-0.05, 0) is 43.0 Å². The van der Waals surface area contributed by atoms with Crippen molar-refractivity contribution in [2.45, 2.75) is 13.3 Å². The summed E-state index contributed by atoms with van der Waals surface area (Å²) in [6, 6.07) is 3.81. The molecule has 5 heteroatoms. The number of methoxy groups -OCH3 is 1. The zero-order valence-corrected chi connectivity index (χ0v) is 11.4. The summed E-state index contributed by atoms with van der Waals surface area (Å²) in [4.78, 5) is 11.6. The summed E-state index contributed by atoms with van der Waals surface area (Å²) in [5, 5.41) is 0.477. The molecule has 1 aromatic carbocycles. The minimum atomic E-state index is -0.385. The molecule has 0 radical (unpaired) electrons. The van der Waals surface area contributed by atoms with Gasteiger partial charge in [0, 0.05) is 18.0 Å². The Balaban J connectivity index is 2.41. The van der Waals surface area contributed by atoms with Crippen LogP contribution in [0, 0.1) is 6.92 Å². The van der Waals surface area contributed by atoms with Crippen LogP contribution in [0.15, 0.2) is 12.1 Å². The van der Waals surface area contributed by atoms with Crippen molar-refractivity contribution in [2.24, 2.45) is 0 Å². The zero-order chi connectivity index (χ0) is 12.4. The van der Waals surface area contributed by atoms with Gasteiger partial charge in [0.25, 0.3) is 0 Å². The fourth-order valence-electron chi connectivity index (χ4n) is 1.80. The number of benzene rings is 1. The number of halogens is 1. The van der Waals surface area contributed by atoms with E-state index < -0.39 is 0 Å². The Bertz CT molecular complexity index is 444. The molecule has 0 spiro atoms. The SMILES string of the molecule is COC(=O)c1cc(N2CCCS2)cc(C)c1Cl. The molecule has 0 bridgehead atoms. The normalized spacial score (nSPS) is 15.1. The third kappa shape index (κ3) is 2.53. The number of carbonyl (C=O) groups is 1. The van der Waals surface area contributed by atoms with E-state index in [4.69, 9.17) is 16.3 Å². The second-order valence-electron chi connectivity index (χ2n) is 3.90. The minimum Gasteiger partial charge on any atom is -0.465 e. The van der Waals surface area contributed by atoms with Gasteiger partial charge in [0.05, 0.1) is 17.7 Å². The van der Waals surface area contributed by atoms with Gasteiger partial charge in [-0.2, -0.15) is 0 Å². The molecule has 0 aromatic heterocycles. The van der Waals surface area contributed by atoms with Crippen molar-refractivity contribution in [1.82, 2.24) is 0 Å². The van der Waals surface area contributed by atoms with E-state index >= 15 is 0 Å². The number of ether oxygens (including phenoxy) is 1. The van der Waals surface area contributed by atoms with E-state index in [2.05, 4.69) is 4.31 Å². The second kappa shape index (κ2) is 5.19. The van der Waals surface area contributed by atoms with E-state index in [1.165, 1.54) is 13.5 Å². The van der Waals surface area contributed by atoms with Crippen LogP contribution < -0.4 is 4.31 Å². The highest BCUT2D eigenvalue weighted by molar-refractivity contribution is 8.00. The Morgan fingerprint density at radius 1 is 1.53 bits per heavy atom. The van der Waals surface area contributed by atoms with Crippen molar-refractivity contribution < 1.29 is 9.53 Å². The molecule has 0 N–H and O–H groups in total. The monoisotopic (exact) mass is 271 g/mol. The number of nitrogens with zero attached hydrogens (tertiary/aromatic N) is 1. The molecule has 1 fully saturated rings. The lowest BCUT2D eigenvalue weighted by Gasteiger charge is -2.18. The molecule has 1 aliphatic heterocycles. The topological polar surface area (TPSA) is 29.5 Å². The zero-order valence-electron chi connectivity index (χ0n) is 9.83. The smallest absolute Gasteiger partial charge is 0.339 e. The number of hydrogen-bond acceptors (Lipinski definition) is 4. The molecule has 0 amide bonds. The second-order valence-corrected chi connectivity index (χ2v) is 5.39.